The highest BCUT2D eigenvalue weighted by Crippen LogP contribution is 2.54. The summed E-state index contributed by atoms with van der Waals surface area (Å²) in [5.74, 6) is 1.62. The Hall–Kier alpha value is -3.62. The number of benzene rings is 2. The maximum atomic E-state index is 15.3. The molecule has 272 valence electrons. The van der Waals surface area contributed by atoms with E-state index < -0.39 is 11.1 Å². The number of carbonyl (C=O) groups excluding carboxylic acids is 2. The minimum absolute atomic E-state index is 0.146. The number of aromatic nitrogens is 1. The Balaban J connectivity index is 1.44. The van der Waals surface area contributed by atoms with Crippen molar-refractivity contribution in [2.45, 2.75) is 96.6 Å². The largest absolute Gasteiger partial charge is 0.493 e. The number of hydrogen-bond donors (Lipinski definition) is 0. The fourth-order valence-corrected chi connectivity index (χ4v) is 8.10. The van der Waals surface area contributed by atoms with Crippen LogP contribution in [-0.2, 0) is 21.3 Å². The average Bonchev–Trinajstić information content (AvgIpc) is 3.36. The van der Waals surface area contributed by atoms with Crippen molar-refractivity contribution in [1.29, 1.82) is 0 Å². The Morgan fingerprint density at radius 3 is 2.02 bits per heavy atom. The number of likely N-dealkylation sites (tertiary alicyclic amines) is 2. The van der Waals surface area contributed by atoms with Crippen LogP contribution in [-0.4, -0.2) is 70.2 Å². The van der Waals surface area contributed by atoms with Gasteiger partial charge >= 0.3 is 6.03 Å². The molecule has 2 atom stereocenters. The van der Waals surface area contributed by atoms with Crippen LogP contribution in [0.3, 0.4) is 0 Å². The van der Waals surface area contributed by atoms with Crippen molar-refractivity contribution in [2.24, 2.45) is 10.9 Å². The van der Waals surface area contributed by atoms with Gasteiger partial charge in [0.15, 0.2) is 0 Å². The fourth-order valence-electron chi connectivity index (χ4n) is 7.85. The molecule has 2 saturated heterocycles. The van der Waals surface area contributed by atoms with E-state index in [1.807, 2.05) is 76.2 Å². The van der Waals surface area contributed by atoms with Crippen LogP contribution in [0.2, 0.25) is 10.0 Å². The van der Waals surface area contributed by atoms with E-state index in [9.17, 15) is 4.79 Å². The third kappa shape index (κ3) is 7.23. The molecule has 0 radical (unpaired) electrons. The number of amidine groups is 1. The monoisotopic (exact) mass is 731 g/mol. The quantitative estimate of drug-likeness (QED) is 0.243. The normalized spacial score (nSPS) is 23.0. The predicted molar refractivity (Wildman–Crippen MR) is 205 cm³/mol. The standard InChI is InChI=1S/C41H51Cl2N5O3/c1-7-51-34-26-35(39(2,3)4)44-27-33(34)37-45-40(5,29-11-15-31(42)16-12-29)41(6,30-13-17-32(43)18-14-30)48(37)38(50)47-23-19-28(20-24-47)25-36(49)46-21-9-8-10-22-46/h11-18,26-28H,7-10,19-25H2,1-6H3/t40-,41+/m0/s1. The van der Waals surface area contributed by atoms with Crippen LogP contribution < -0.4 is 4.74 Å². The van der Waals surface area contributed by atoms with E-state index in [2.05, 4.69) is 34.6 Å². The van der Waals surface area contributed by atoms with Gasteiger partial charge < -0.3 is 14.5 Å². The number of nitrogens with zero attached hydrogens (tertiary/aromatic N) is 5. The fraction of sp³-hybridized carbons (Fsp3) is 0.512. The van der Waals surface area contributed by atoms with Crippen LogP contribution in [0.4, 0.5) is 4.79 Å². The second kappa shape index (κ2) is 14.8. The van der Waals surface area contributed by atoms with Gasteiger partial charge in [0.2, 0.25) is 5.91 Å². The lowest BCUT2D eigenvalue weighted by Gasteiger charge is -2.47. The van der Waals surface area contributed by atoms with Gasteiger partial charge in [0.1, 0.15) is 22.7 Å². The van der Waals surface area contributed by atoms with Crippen molar-refractivity contribution in [3.63, 3.8) is 0 Å². The topological polar surface area (TPSA) is 78.3 Å². The molecule has 0 saturated carbocycles. The molecule has 3 aliphatic heterocycles. The second-order valence-electron chi connectivity index (χ2n) is 15.5. The Labute approximate surface area is 313 Å². The first-order valence-corrected chi connectivity index (χ1v) is 19.1. The molecule has 3 aliphatic rings. The molecular weight excluding hydrogens is 681 g/mol. The first kappa shape index (κ1) is 37.1. The van der Waals surface area contributed by atoms with Crippen LogP contribution in [0.25, 0.3) is 0 Å². The van der Waals surface area contributed by atoms with E-state index >= 15 is 4.79 Å². The predicted octanol–water partition coefficient (Wildman–Crippen LogP) is 9.21. The summed E-state index contributed by atoms with van der Waals surface area (Å²) in [5.41, 5.74) is 1.14. The number of carbonyl (C=O) groups is 2. The molecule has 2 aromatic carbocycles. The lowest BCUT2D eigenvalue weighted by atomic mass is 9.71. The lowest BCUT2D eigenvalue weighted by Crippen LogP contribution is -2.59. The number of hydrogen-bond acceptors (Lipinski definition) is 5. The Morgan fingerprint density at radius 2 is 1.45 bits per heavy atom. The van der Waals surface area contributed by atoms with Gasteiger partial charge in [0.25, 0.3) is 0 Å². The van der Waals surface area contributed by atoms with Crippen LogP contribution in [0.5, 0.6) is 5.75 Å². The van der Waals surface area contributed by atoms with Gasteiger partial charge in [-0.1, -0.05) is 68.2 Å². The van der Waals surface area contributed by atoms with Crippen molar-refractivity contribution < 1.29 is 14.3 Å². The van der Waals surface area contributed by atoms with Gasteiger partial charge in [-0.15, -0.1) is 0 Å². The summed E-state index contributed by atoms with van der Waals surface area (Å²) in [6.45, 7) is 15.7. The number of pyridine rings is 1. The van der Waals surface area contributed by atoms with Crippen molar-refractivity contribution in [2.75, 3.05) is 32.8 Å². The molecule has 0 aliphatic carbocycles. The Morgan fingerprint density at radius 1 is 0.863 bits per heavy atom. The highest BCUT2D eigenvalue weighted by molar-refractivity contribution is 6.30. The molecule has 0 spiro atoms. The summed E-state index contributed by atoms with van der Waals surface area (Å²) < 4.78 is 6.30. The number of piperidine rings is 2. The maximum absolute atomic E-state index is 15.3. The molecule has 3 aromatic rings. The Kier molecular flexibility index (Phi) is 10.8. The van der Waals surface area contributed by atoms with E-state index in [4.69, 9.17) is 37.9 Å². The summed E-state index contributed by atoms with van der Waals surface area (Å²) in [5, 5.41) is 1.22. The molecule has 0 bridgehead atoms. The number of urea groups is 1. The van der Waals surface area contributed by atoms with Gasteiger partial charge in [0.05, 0.1) is 12.2 Å². The average molecular weight is 733 g/mol. The number of halogens is 2. The molecule has 1 aromatic heterocycles. The highest BCUT2D eigenvalue weighted by Gasteiger charge is 2.60. The van der Waals surface area contributed by atoms with E-state index in [0.29, 0.717) is 53.3 Å². The smallest absolute Gasteiger partial charge is 0.326 e. The van der Waals surface area contributed by atoms with E-state index in [-0.39, 0.29) is 23.3 Å². The summed E-state index contributed by atoms with van der Waals surface area (Å²) in [4.78, 5) is 44.7. The summed E-state index contributed by atoms with van der Waals surface area (Å²) in [6, 6.07) is 17.2. The maximum Gasteiger partial charge on any atom is 0.326 e. The van der Waals surface area contributed by atoms with Crippen molar-refractivity contribution in [1.82, 2.24) is 19.7 Å². The zero-order chi connectivity index (χ0) is 36.6. The molecular formula is C41H51Cl2N5O3. The molecule has 10 heteroatoms. The first-order chi connectivity index (χ1) is 24.3. The number of rotatable bonds is 7. The van der Waals surface area contributed by atoms with Crippen molar-refractivity contribution in [3.05, 3.63) is 93.2 Å². The zero-order valence-electron chi connectivity index (χ0n) is 30.8. The van der Waals surface area contributed by atoms with Gasteiger partial charge in [-0.05, 0) is 94.2 Å². The molecule has 51 heavy (non-hydrogen) atoms. The van der Waals surface area contributed by atoms with E-state index in [0.717, 1.165) is 55.6 Å². The highest BCUT2D eigenvalue weighted by atomic mass is 35.5. The summed E-state index contributed by atoms with van der Waals surface area (Å²) in [6.07, 6.45) is 7.24. The van der Waals surface area contributed by atoms with Crippen molar-refractivity contribution in [3.8, 4) is 5.75 Å². The van der Waals surface area contributed by atoms with E-state index in [1.165, 1.54) is 6.42 Å². The summed E-state index contributed by atoms with van der Waals surface area (Å²) >= 11 is 12.8. The minimum Gasteiger partial charge on any atom is -0.493 e. The third-order valence-electron chi connectivity index (χ3n) is 11.2. The van der Waals surface area contributed by atoms with Crippen molar-refractivity contribution >= 4 is 41.0 Å². The van der Waals surface area contributed by atoms with Crippen LogP contribution >= 0.6 is 23.2 Å². The third-order valence-corrected chi connectivity index (χ3v) is 11.7. The van der Waals surface area contributed by atoms with Gasteiger partial charge in [-0.3, -0.25) is 19.7 Å². The van der Waals surface area contributed by atoms with Gasteiger partial charge in [-0.25, -0.2) is 4.79 Å². The van der Waals surface area contributed by atoms with Gasteiger partial charge in [-0.2, -0.15) is 0 Å². The molecule has 2 fully saturated rings. The first-order valence-electron chi connectivity index (χ1n) is 18.4. The van der Waals surface area contributed by atoms with Crippen LogP contribution in [0.15, 0.2) is 65.8 Å². The zero-order valence-corrected chi connectivity index (χ0v) is 32.4. The molecule has 6 rings (SSSR count). The second-order valence-corrected chi connectivity index (χ2v) is 16.4. The van der Waals surface area contributed by atoms with Gasteiger partial charge in [0, 0.05) is 66.0 Å². The Bertz CT molecular complexity index is 1760. The minimum atomic E-state index is -1.01. The van der Waals surface area contributed by atoms with Crippen LogP contribution in [0.1, 0.15) is 102 Å². The van der Waals surface area contributed by atoms with E-state index in [1.54, 1.807) is 6.20 Å². The molecule has 4 heterocycles. The molecule has 0 unspecified atom stereocenters. The SMILES string of the molecule is CCOc1cc(C(C)(C)C)ncc1C1=N[C@@](C)(c2ccc(Cl)cc2)[C@@](C)(c2ccc(Cl)cc2)N1C(=O)N1CCC(CC(=O)N2CCCCC2)CC1. The summed E-state index contributed by atoms with van der Waals surface area (Å²) in [7, 11) is 0. The number of ether oxygens (including phenoxy) is 1. The lowest BCUT2D eigenvalue weighted by molar-refractivity contribution is -0.133. The number of aliphatic imine (C=N–C) groups is 1. The van der Waals surface area contributed by atoms with Crippen LogP contribution in [0, 0.1) is 5.92 Å². The number of amides is 3. The molecule has 8 nitrogen and oxygen atoms in total. The molecule has 3 amide bonds. The molecule has 0 N–H and O–H groups in total.